The van der Waals surface area contributed by atoms with E-state index in [9.17, 15) is 4.79 Å². The van der Waals surface area contributed by atoms with Crippen LogP contribution in [0.25, 0.3) is 0 Å². The van der Waals surface area contributed by atoms with Gasteiger partial charge in [0.25, 0.3) is 0 Å². The lowest BCUT2D eigenvalue weighted by atomic mass is 9.82. The number of alkyl carbamates (subject to hydrolysis) is 1. The molecule has 0 fully saturated rings. The molecule has 1 atom stereocenters. The van der Waals surface area contributed by atoms with Crippen LogP contribution in [0.4, 0.5) is 10.5 Å². The van der Waals surface area contributed by atoms with Gasteiger partial charge in [-0.25, -0.2) is 4.79 Å². The highest BCUT2D eigenvalue weighted by Crippen LogP contribution is 2.35. The largest absolute Gasteiger partial charge is 0.444 e. The van der Waals surface area contributed by atoms with Gasteiger partial charge in [0.05, 0.1) is 0 Å². The predicted octanol–water partition coefficient (Wildman–Crippen LogP) is 3.21. The Bertz CT molecular complexity index is 492. The van der Waals surface area contributed by atoms with Gasteiger partial charge in [0, 0.05) is 18.2 Å². The lowest BCUT2D eigenvalue weighted by Crippen LogP contribution is -2.35. The summed E-state index contributed by atoms with van der Waals surface area (Å²) in [5.74, 6) is 0.285. The molecular weight excluding hydrogens is 252 g/mol. The van der Waals surface area contributed by atoms with Gasteiger partial charge in [-0.15, -0.1) is 0 Å². The van der Waals surface area contributed by atoms with Gasteiger partial charge in [-0.2, -0.15) is 0 Å². The second-order valence-electron chi connectivity index (χ2n) is 6.39. The molecule has 0 aliphatic heterocycles. The normalized spacial score (nSPS) is 18.2. The fourth-order valence-electron chi connectivity index (χ4n) is 2.76. The third-order valence-electron chi connectivity index (χ3n) is 3.53. The molecule has 1 unspecified atom stereocenters. The molecule has 0 radical (unpaired) electrons. The summed E-state index contributed by atoms with van der Waals surface area (Å²) in [7, 11) is 0. The number of fused-ring (bicyclic) bond motifs is 1. The van der Waals surface area contributed by atoms with Crippen LogP contribution < -0.4 is 11.1 Å². The van der Waals surface area contributed by atoms with Crippen molar-refractivity contribution in [2.75, 3.05) is 12.3 Å². The van der Waals surface area contributed by atoms with Crippen LogP contribution >= 0.6 is 0 Å². The molecule has 110 valence electrons. The van der Waals surface area contributed by atoms with E-state index < -0.39 is 5.60 Å². The van der Waals surface area contributed by atoms with Crippen LogP contribution in [0.5, 0.6) is 0 Å². The highest BCUT2D eigenvalue weighted by molar-refractivity contribution is 5.68. The molecular formula is C16H24N2O2. The molecule has 1 aliphatic carbocycles. The molecule has 0 aromatic heterocycles. The first-order valence-electron chi connectivity index (χ1n) is 7.21. The third-order valence-corrected chi connectivity index (χ3v) is 3.53. The maximum absolute atomic E-state index is 11.7. The van der Waals surface area contributed by atoms with Crippen LogP contribution in [0.3, 0.4) is 0 Å². The number of rotatable bonds is 2. The number of anilines is 1. The number of carbonyl (C=O) groups is 1. The minimum Gasteiger partial charge on any atom is -0.444 e. The van der Waals surface area contributed by atoms with E-state index in [1.165, 1.54) is 11.1 Å². The fourth-order valence-corrected chi connectivity index (χ4v) is 2.76. The average molecular weight is 276 g/mol. The zero-order chi connectivity index (χ0) is 14.8. The SMILES string of the molecule is CC(C)(C)OC(=O)NCC1CCCc2cccc(N)c21. The smallest absolute Gasteiger partial charge is 0.407 e. The quantitative estimate of drug-likeness (QED) is 0.815. The molecule has 0 bridgehead atoms. The molecule has 1 aliphatic rings. The topological polar surface area (TPSA) is 64.3 Å². The fraction of sp³-hybridized carbons (Fsp3) is 0.562. The van der Waals surface area contributed by atoms with Crippen molar-refractivity contribution in [2.45, 2.75) is 51.6 Å². The van der Waals surface area contributed by atoms with E-state index in [0.29, 0.717) is 6.54 Å². The zero-order valence-corrected chi connectivity index (χ0v) is 12.5. The number of hydrogen-bond acceptors (Lipinski definition) is 3. The Morgan fingerprint density at radius 3 is 2.90 bits per heavy atom. The number of ether oxygens (including phenoxy) is 1. The lowest BCUT2D eigenvalue weighted by Gasteiger charge is -2.28. The first kappa shape index (κ1) is 14.7. The number of nitrogens with one attached hydrogen (secondary N) is 1. The van der Waals surface area contributed by atoms with Gasteiger partial charge >= 0.3 is 6.09 Å². The van der Waals surface area contributed by atoms with Gasteiger partial charge in [0.1, 0.15) is 5.60 Å². The van der Waals surface area contributed by atoms with Gasteiger partial charge in [-0.1, -0.05) is 12.1 Å². The molecule has 0 saturated heterocycles. The van der Waals surface area contributed by atoms with Crippen molar-refractivity contribution in [1.29, 1.82) is 0 Å². The minimum atomic E-state index is -0.465. The Morgan fingerprint density at radius 2 is 2.20 bits per heavy atom. The second kappa shape index (κ2) is 5.73. The number of carbonyl (C=O) groups excluding carboxylic acids is 1. The average Bonchev–Trinajstić information content (AvgIpc) is 2.34. The number of nitrogens with two attached hydrogens (primary N) is 1. The van der Waals surface area contributed by atoms with Crippen molar-refractivity contribution < 1.29 is 9.53 Å². The van der Waals surface area contributed by atoms with Crippen molar-refractivity contribution >= 4 is 11.8 Å². The van der Waals surface area contributed by atoms with Crippen LogP contribution in [-0.2, 0) is 11.2 Å². The minimum absolute atomic E-state index is 0.285. The van der Waals surface area contributed by atoms with E-state index in [0.717, 1.165) is 24.9 Å². The number of nitrogen functional groups attached to an aromatic ring is 1. The van der Waals surface area contributed by atoms with Gasteiger partial charge < -0.3 is 15.8 Å². The van der Waals surface area contributed by atoms with Crippen molar-refractivity contribution in [3.05, 3.63) is 29.3 Å². The second-order valence-corrected chi connectivity index (χ2v) is 6.39. The van der Waals surface area contributed by atoms with E-state index in [4.69, 9.17) is 10.5 Å². The predicted molar refractivity (Wildman–Crippen MR) is 80.8 cm³/mol. The first-order valence-corrected chi connectivity index (χ1v) is 7.21. The molecule has 1 aromatic rings. The summed E-state index contributed by atoms with van der Waals surface area (Å²) in [4.78, 5) is 11.7. The maximum Gasteiger partial charge on any atom is 0.407 e. The monoisotopic (exact) mass is 276 g/mol. The Hall–Kier alpha value is -1.71. The van der Waals surface area contributed by atoms with E-state index in [1.807, 2.05) is 32.9 Å². The number of hydrogen-bond donors (Lipinski definition) is 2. The first-order chi connectivity index (χ1) is 9.37. The van der Waals surface area contributed by atoms with E-state index in [1.54, 1.807) is 0 Å². The van der Waals surface area contributed by atoms with Crippen LogP contribution in [0.15, 0.2) is 18.2 Å². The zero-order valence-electron chi connectivity index (χ0n) is 12.5. The molecule has 1 amide bonds. The van der Waals surface area contributed by atoms with Gasteiger partial charge in [-0.05, 0) is 57.2 Å². The molecule has 4 nitrogen and oxygen atoms in total. The van der Waals surface area contributed by atoms with Crippen molar-refractivity contribution in [2.24, 2.45) is 0 Å². The van der Waals surface area contributed by atoms with E-state index in [2.05, 4.69) is 11.4 Å². The highest BCUT2D eigenvalue weighted by atomic mass is 16.6. The summed E-state index contributed by atoms with van der Waals surface area (Å²) in [5, 5.41) is 2.86. The van der Waals surface area contributed by atoms with Crippen molar-refractivity contribution in [3.8, 4) is 0 Å². The number of benzene rings is 1. The van der Waals surface area contributed by atoms with Gasteiger partial charge in [0.2, 0.25) is 0 Å². The third kappa shape index (κ3) is 3.65. The molecule has 0 saturated carbocycles. The van der Waals surface area contributed by atoms with Crippen LogP contribution in [-0.4, -0.2) is 18.2 Å². The lowest BCUT2D eigenvalue weighted by molar-refractivity contribution is 0.0523. The van der Waals surface area contributed by atoms with Crippen LogP contribution in [0.2, 0.25) is 0 Å². The van der Waals surface area contributed by atoms with Gasteiger partial charge in [0.15, 0.2) is 0 Å². The summed E-state index contributed by atoms with van der Waals surface area (Å²) in [6.45, 7) is 6.16. The van der Waals surface area contributed by atoms with Gasteiger partial charge in [-0.3, -0.25) is 0 Å². The summed E-state index contributed by atoms with van der Waals surface area (Å²) in [5.41, 5.74) is 8.98. The van der Waals surface area contributed by atoms with Crippen molar-refractivity contribution in [3.63, 3.8) is 0 Å². The summed E-state index contributed by atoms with van der Waals surface area (Å²) >= 11 is 0. The van der Waals surface area contributed by atoms with Crippen LogP contribution in [0, 0.1) is 0 Å². The summed E-state index contributed by atoms with van der Waals surface area (Å²) in [6.07, 6.45) is 2.90. The van der Waals surface area contributed by atoms with E-state index in [-0.39, 0.29) is 12.0 Å². The number of aryl methyl sites for hydroxylation is 1. The molecule has 0 spiro atoms. The Balaban J connectivity index is 2.01. The maximum atomic E-state index is 11.7. The molecule has 1 aromatic carbocycles. The molecule has 20 heavy (non-hydrogen) atoms. The highest BCUT2D eigenvalue weighted by Gasteiger charge is 2.24. The van der Waals surface area contributed by atoms with Crippen molar-refractivity contribution in [1.82, 2.24) is 5.32 Å². The standard InChI is InChI=1S/C16H24N2O2/c1-16(2,3)20-15(19)18-10-12-8-4-6-11-7-5-9-13(17)14(11)12/h5,7,9,12H,4,6,8,10,17H2,1-3H3,(H,18,19). The molecule has 4 heteroatoms. The summed E-state index contributed by atoms with van der Waals surface area (Å²) in [6, 6.07) is 6.06. The van der Waals surface area contributed by atoms with E-state index >= 15 is 0 Å². The Kier molecular flexibility index (Phi) is 4.21. The summed E-state index contributed by atoms with van der Waals surface area (Å²) < 4.78 is 5.27. The number of amides is 1. The Morgan fingerprint density at radius 1 is 1.45 bits per heavy atom. The molecule has 3 N–H and O–H groups in total. The Labute approximate surface area is 120 Å². The molecule has 0 heterocycles. The molecule has 2 rings (SSSR count). The van der Waals surface area contributed by atoms with Crippen LogP contribution in [0.1, 0.15) is 50.7 Å².